The zero-order valence-corrected chi connectivity index (χ0v) is 10.7. The average Bonchev–Trinajstić information content (AvgIpc) is 2.68. The molecule has 0 spiro atoms. The summed E-state index contributed by atoms with van der Waals surface area (Å²) in [5.41, 5.74) is 1.16. The summed E-state index contributed by atoms with van der Waals surface area (Å²) in [6, 6.07) is 5.43. The molecule has 1 aliphatic carbocycles. The van der Waals surface area contributed by atoms with Crippen LogP contribution in [0, 0.1) is 16.7 Å². The molecule has 4 nitrogen and oxygen atoms in total. The summed E-state index contributed by atoms with van der Waals surface area (Å²) in [4.78, 5) is 15.9. The third-order valence-corrected chi connectivity index (χ3v) is 3.43. The molecule has 2 rings (SSSR count). The van der Waals surface area contributed by atoms with Gasteiger partial charge in [-0.1, -0.05) is 13.8 Å². The predicted octanol–water partition coefficient (Wildman–Crippen LogP) is 2.26. The molecule has 1 N–H and O–H groups in total. The zero-order valence-electron chi connectivity index (χ0n) is 10.7. The highest BCUT2D eigenvalue weighted by atomic mass is 16.1. The standard InChI is InChI=1S/C14H17N3O/c1-14(2)6-5-11(7-14)17-13(18)12-4-3-10(8-15)9-16-12/h3-4,9,11H,5-7H2,1-2H3,(H,17,18). The molecule has 1 fully saturated rings. The Morgan fingerprint density at radius 3 is 2.83 bits per heavy atom. The Kier molecular flexibility index (Phi) is 3.33. The van der Waals surface area contributed by atoms with Gasteiger partial charge in [-0.05, 0) is 36.8 Å². The number of hydrogen-bond donors (Lipinski definition) is 1. The number of amides is 1. The number of nitriles is 1. The highest BCUT2D eigenvalue weighted by Crippen LogP contribution is 2.36. The average molecular weight is 243 g/mol. The second-order valence-electron chi connectivity index (χ2n) is 5.62. The van der Waals surface area contributed by atoms with Crippen LogP contribution in [0.4, 0.5) is 0 Å². The minimum atomic E-state index is -0.151. The fraction of sp³-hybridized carbons (Fsp3) is 0.500. The Morgan fingerprint density at radius 1 is 1.56 bits per heavy atom. The number of hydrogen-bond acceptors (Lipinski definition) is 3. The lowest BCUT2D eigenvalue weighted by molar-refractivity contribution is 0.0931. The molecule has 4 heteroatoms. The lowest BCUT2D eigenvalue weighted by atomic mass is 9.92. The summed E-state index contributed by atoms with van der Waals surface area (Å²) in [5, 5.41) is 11.7. The number of nitrogens with zero attached hydrogens (tertiary/aromatic N) is 2. The van der Waals surface area contributed by atoms with Crippen LogP contribution in [0.3, 0.4) is 0 Å². The highest BCUT2D eigenvalue weighted by molar-refractivity contribution is 5.92. The van der Waals surface area contributed by atoms with Gasteiger partial charge >= 0.3 is 0 Å². The van der Waals surface area contributed by atoms with Gasteiger partial charge in [0.05, 0.1) is 5.56 Å². The number of pyridine rings is 1. The summed E-state index contributed by atoms with van der Waals surface area (Å²) in [6.07, 6.45) is 4.59. The first kappa shape index (κ1) is 12.6. The van der Waals surface area contributed by atoms with Crippen molar-refractivity contribution in [2.75, 3.05) is 0 Å². The Labute approximate surface area is 107 Å². The smallest absolute Gasteiger partial charge is 0.270 e. The third-order valence-electron chi connectivity index (χ3n) is 3.43. The molecule has 0 radical (unpaired) electrons. The molecule has 94 valence electrons. The molecule has 0 aliphatic heterocycles. The lowest BCUT2D eigenvalue weighted by Gasteiger charge is -2.17. The van der Waals surface area contributed by atoms with Crippen LogP contribution in [0.5, 0.6) is 0 Å². The molecule has 1 aromatic rings. The molecule has 1 heterocycles. The topological polar surface area (TPSA) is 65.8 Å². The lowest BCUT2D eigenvalue weighted by Crippen LogP contribution is -2.34. The summed E-state index contributed by atoms with van der Waals surface area (Å²) < 4.78 is 0. The fourth-order valence-electron chi connectivity index (χ4n) is 2.41. The molecular weight excluding hydrogens is 226 g/mol. The van der Waals surface area contributed by atoms with Gasteiger partial charge in [-0.3, -0.25) is 4.79 Å². The van der Waals surface area contributed by atoms with Crippen molar-refractivity contribution in [1.29, 1.82) is 5.26 Å². The van der Waals surface area contributed by atoms with Crippen molar-refractivity contribution in [1.82, 2.24) is 10.3 Å². The van der Waals surface area contributed by atoms with Crippen LogP contribution in [-0.2, 0) is 0 Å². The van der Waals surface area contributed by atoms with Crippen LogP contribution in [-0.4, -0.2) is 16.9 Å². The Balaban J connectivity index is 1.98. The van der Waals surface area contributed by atoms with Gasteiger partial charge in [0.25, 0.3) is 5.91 Å². The summed E-state index contributed by atoms with van der Waals surface area (Å²) >= 11 is 0. The summed E-state index contributed by atoms with van der Waals surface area (Å²) in [5.74, 6) is -0.151. The minimum Gasteiger partial charge on any atom is -0.348 e. The maximum absolute atomic E-state index is 12.0. The Morgan fingerprint density at radius 2 is 2.33 bits per heavy atom. The first-order valence-corrected chi connectivity index (χ1v) is 6.17. The normalized spacial score (nSPS) is 21.3. The first-order valence-electron chi connectivity index (χ1n) is 6.17. The molecule has 1 saturated carbocycles. The van der Waals surface area contributed by atoms with Crippen molar-refractivity contribution in [3.8, 4) is 6.07 Å². The third kappa shape index (κ3) is 2.86. The van der Waals surface area contributed by atoms with E-state index in [-0.39, 0.29) is 11.9 Å². The van der Waals surface area contributed by atoms with Crippen molar-refractivity contribution in [2.24, 2.45) is 5.41 Å². The van der Waals surface area contributed by atoms with Crippen LogP contribution in [0.15, 0.2) is 18.3 Å². The maximum Gasteiger partial charge on any atom is 0.270 e. The van der Waals surface area contributed by atoms with E-state index in [9.17, 15) is 4.79 Å². The monoisotopic (exact) mass is 243 g/mol. The molecule has 1 aromatic heterocycles. The fourth-order valence-corrected chi connectivity index (χ4v) is 2.41. The summed E-state index contributed by atoms with van der Waals surface area (Å²) in [6.45, 7) is 4.44. The number of carbonyl (C=O) groups excluding carboxylic acids is 1. The van der Waals surface area contributed by atoms with Crippen LogP contribution >= 0.6 is 0 Å². The molecule has 0 bridgehead atoms. The highest BCUT2D eigenvalue weighted by Gasteiger charge is 2.31. The molecular formula is C14H17N3O. The van der Waals surface area contributed by atoms with E-state index in [2.05, 4.69) is 24.1 Å². The van der Waals surface area contributed by atoms with E-state index in [0.29, 0.717) is 16.7 Å². The van der Waals surface area contributed by atoms with Gasteiger partial charge in [0.1, 0.15) is 11.8 Å². The van der Waals surface area contributed by atoms with Crippen molar-refractivity contribution < 1.29 is 4.79 Å². The van der Waals surface area contributed by atoms with Crippen LogP contribution < -0.4 is 5.32 Å². The molecule has 1 atom stereocenters. The van der Waals surface area contributed by atoms with Crippen molar-refractivity contribution >= 4 is 5.91 Å². The first-order chi connectivity index (χ1) is 8.50. The zero-order chi connectivity index (χ0) is 13.2. The number of aromatic nitrogens is 1. The van der Waals surface area contributed by atoms with Crippen molar-refractivity contribution in [2.45, 2.75) is 39.2 Å². The van der Waals surface area contributed by atoms with E-state index in [1.54, 1.807) is 12.1 Å². The quantitative estimate of drug-likeness (QED) is 0.866. The molecule has 0 aromatic carbocycles. The van der Waals surface area contributed by atoms with E-state index in [0.717, 1.165) is 19.3 Å². The van der Waals surface area contributed by atoms with Gasteiger partial charge in [-0.2, -0.15) is 5.26 Å². The van der Waals surface area contributed by atoms with Crippen molar-refractivity contribution in [3.63, 3.8) is 0 Å². The number of carbonyl (C=O) groups is 1. The second-order valence-corrected chi connectivity index (χ2v) is 5.62. The molecule has 18 heavy (non-hydrogen) atoms. The SMILES string of the molecule is CC1(C)CCC(NC(=O)c2ccc(C#N)cn2)C1. The number of nitrogens with one attached hydrogen (secondary N) is 1. The number of rotatable bonds is 2. The molecule has 0 saturated heterocycles. The van der Waals surface area contributed by atoms with Gasteiger partial charge in [-0.25, -0.2) is 4.98 Å². The van der Waals surface area contributed by atoms with Gasteiger partial charge < -0.3 is 5.32 Å². The van der Waals surface area contributed by atoms with Gasteiger partial charge in [0.15, 0.2) is 0 Å². The van der Waals surface area contributed by atoms with E-state index < -0.39 is 0 Å². The van der Waals surface area contributed by atoms with Crippen molar-refractivity contribution in [3.05, 3.63) is 29.6 Å². The predicted molar refractivity (Wildman–Crippen MR) is 67.8 cm³/mol. The molecule has 1 aliphatic rings. The largest absolute Gasteiger partial charge is 0.348 e. The van der Waals surface area contributed by atoms with E-state index in [4.69, 9.17) is 5.26 Å². The molecule has 1 amide bonds. The second kappa shape index (κ2) is 4.77. The van der Waals surface area contributed by atoms with Crippen LogP contribution in [0.2, 0.25) is 0 Å². The molecule has 1 unspecified atom stereocenters. The summed E-state index contributed by atoms with van der Waals surface area (Å²) in [7, 11) is 0. The Bertz CT molecular complexity index is 485. The van der Waals surface area contributed by atoms with Gasteiger partial charge in [0.2, 0.25) is 0 Å². The Hall–Kier alpha value is -1.89. The maximum atomic E-state index is 12.0. The van der Waals surface area contributed by atoms with Gasteiger partial charge in [0, 0.05) is 12.2 Å². The van der Waals surface area contributed by atoms with E-state index in [1.165, 1.54) is 6.20 Å². The van der Waals surface area contributed by atoms with Crippen LogP contribution in [0.25, 0.3) is 0 Å². The van der Waals surface area contributed by atoms with E-state index in [1.807, 2.05) is 6.07 Å². The minimum absolute atomic E-state index is 0.151. The van der Waals surface area contributed by atoms with Crippen LogP contribution in [0.1, 0.15) is 49.2 Å². The van der Waals surface area contributed by atoms with Gasteiger partial charge in [-0.15, -0.1) is 0 Å². The van der Waals surface area contributed by atoms with E-state index >= 15 is 0 Å².